The first-order valence-corrected chi connectivity index (χ1v) is 5.24. The first kappa shape index (κ1) is 13.9. The largest absolute Gasteiger partial charge is 0.744 e. The number of hydrogen-bond acceptors (Lipinski definition) is 3. The summed E-state index contributed by atoms with van der Waals surface area (Å²) in [5, 5.41) is 0. The standard InChI is InChI=1S/C10H10O3S.ClH2/c1-3-8-5-6-10(14(11,12)13)9(4-2)7-8;/h3-7H,1-2H2,(H,11,12,13);1H2/q;+1/p-1. The second kappa shape index (κ2) is 5.11. The van der Waals surface area contributed by atoms with Crippen LogP contribution in [0.3, 0.4) is 0 Å². The Morgan fingerprint density at radius 2 is 1.80 bits per heavy atom. The van der Waals surface area contributed by atoms with Crippen LogP contribution in [0.15, 0.2) is 36.3 Å². The number of benzene rings is 1. The highest BCUT2D eigenvalue weighted by Crippen LogP contribution is 2.18. The number of hydrogen-bond donors (Lipinski definition) is 0. The van der Waals surface area contributed by atoms with Gasteiger partial charge in [-0.3, -0.25) is 0 Å². The van der Waals surface area contributed by atoms with Crippen molar-refractivity contribution in [2.75, 3.05) is 0 Å². The van der Waals surface area contributed by atoms with Crippen molar-refractivity contribution < 1.29 is 25.4 Å². The van der Waals surface area contributed by atoms with E-state index >= 15 is 0 Å². The molecule has 15 heavy (non-hydrogen) atoms. The fourth-order valence-electron chi connectivity index (χ4n) is 1.08. The smallest absolute Gasteiger partial charge is 0.125 e. The zero-order valence-electron chi connectivity index (χ0n) is 7.88. The maximum Gasteiger partial charge on any atom is 0.125 e. The van der Waals surface area contributed by atoms with Gasteiger partial charge in [0.25, 0.3) is 0 Å². The molecule has 0 aromatic heterocycles. The zero-order valence-corrected chi connectivity index (χ0v) is 9.59. The first-order chi connectivity index (χ1) is 6.49. The molecule has 82 valence electrons. The van der Waals surface area contributed by atoms with Gasteiger partial charge in [0.15, 0.2) is 0 Å². The van der Waals surface area contributed by atoms with Crippen LogP contribution in [0.1, 0.15) is 11.1 Å². The van der Waals surface area contributed by atoms with Crippen molar-refractivity contribution in [3.05, 3.63) is 42.5 Å². The molecule has 1 rings (SSSR count). The number of halogens is 1. The van der Waals surface area contributed by atoms with Gasteiger partial charge in [-0.2, -0.15) is 0 Å². The summed E-state index contributed by atoms with van der Waals surface area (Å²) in [5.41, 5.74) is 1.05. The maximum absolute atomic E-state index is 10.8. The summed E-state index contributed by atoms with van der Waals surface area (Å²) in [6, 6.07) is 4.33. The van der Waals surface area contributed by atoms with Crippen LogP contribution in [-0.2, 0) is 10.1 Å². The molecule has 0 saturated carbocycles. The molecule has 0 amide bonds. The van der Waals surface area contributed by atoms with Gasteiger partial charge in [0, 0.05) is 0 Å². The molecule has 1 aromatic carbocycles. The third-order valence-electron chi connectivity index (χ3n) is 1.76. The molecule has 0 aliphatic heterocycles. The highest BCUT2D eigenvalue weighted by atomic mass is 35.5. The molecule has 3 nitrogen and oxygen atoms in total. The first-order valence-electron chi connectivity index (χ1n) is 3.84. The Morgan fingerprint density at radius 3 is 2.20 bits per heavy atom. The third-order valence-corrected chi connectivity index (χ3v) is 2.67. The predicted molar refractivity (Wildman–Crippen MR) is 57.4 cm³/mol. The second-order valence-corrected chi connectivity index (χ2v) is 4.01. The Balaban J connectivity index is 0.00000196. The van der Waals surface area contributed by atoms with E-state index in [4.69, 9.17) is 0 Å². The normalized spacial score (nSPS) is 10.2. The minimum atomic E-state index is -4.43. The van der Waals surface area contributed by atoms with E-state index in [0.29, 0.717) is 5.56 Å². The van der Waals surface area contributed by atoms with E-state index < -0.39 is 10.1 Å². The van der Waals surface area contributed by atoms with Crippen molar-refractivity contribution in [3.63, 3.8) is 0 Å². The second-order valence-electron chi connectivity index (χ2n) is 2.66. The van der Waals surface area contributed by atoms with Crippen LogP contribution in [0.4, 0.5) is 0 Å². The molecule has 0 N–H and O–H groups in total. The van der Waals surface area contributed by atoms with Gasteiger partial charge in [-0.1, -0.05) is 31.4 Å². The molecule has 0 aliphatic carbocycles. The maximum atomic E-state index is 10.8. The SMILES string of the molecule is C=Cc1ccc(S(=O)(=O)[O-])c(C=C)c1.[ClH2+]. The monoisotopic (exact) mass is 246 g/mol. The van der Waals surface area contributed by atoms with E-state index in [2.05, 4.69) is 13.2 Å². The molecular formula is C10H11ClO3S. The lowest BCUT2D eigenvalue weighted by molar-refractivity contribution is -0.00000713. The van der Waals surface area contributed by atoms with Gasteiger partial charge in [-0.15, -0.1) is 0 Å². The van der Waals surface area contributed by atoms with Crippen LogP contribution in [0, 0.1) is 12.4 Å². The van der Waals surface area contributed by atoms with E-state index in [-0.39, 0.29) is 17.3 Å². The Bertz CT molecular complexity index is 477. The molecule has 0 fully saturated rings. The van der Waals surface area contributed by atoms with E-state index in [1.54, 1.807) is 12.1 Å². The lowest BCUT2D eigenvalue weighted by Crippen LogP contribution is -2.01. The van der Waals surface area contributed by atoms with Gasteiger partial charge in [-0.05, 0) is 23.3 Å². The predicted octanol–water partition coefficient (Wildman–Crippen LogP) is 1.34. The quantitative estimate of drug-likeness (QED) is 0.757. The highest BCUT2D eigenvalue weighted by Gasteiger charge is 2.06. The molecule has 0 heterocycles. The lowest BCUT2D eigenvalue weighted by atomic mass is 10.1. The Labute approximate surface area is 95.3 Å². The van der Waals surface area contributed by atoms with E-state index in [1.807, 2.05) is 0 Å². The summed E-state index contributed by atoms with van der Waals surface area (Å²) >= 11 is 0. The van der Waals surface area contributed by atoms with Crippen molar-refractivity contribution in [2.24, 2.45) is 0 Å². The molecule has 1 aromatic rings. The summed E-state index contributed by atoms with van der Waals surface area (Å²) in [7, 11) is -4.43. The van der Waals surface area contributed by atoms with E-state index in [9.17, 15) is 13.0 Å². The molecule has 0 atom stereocenters. The van der Waals surface area contributed by atoms with Gasteiger partial charge >= 0.3 is 0 Å². The molecule has 0 radical (unpaired) electrons. The fraction of sp³-hybridized carbons (Fsp3) is 0. The molecule has 5 heteroatoms. The average Bonchev–Trinajstić information content (AvgIpc) is 2.15. The van der Waals surface area contributed by atoms with Gasteiger partial charge in [-0.25, -0.2) is 8.42 Å². The summed E-state index contributed by atoms with van der Waals surface area (Å²) in [4.78, 5) is -0.252. The molecule has 0 aliphatic rings. The van der Waals surface area contributed by atoms with Crippen LogP contribution in [0.25, 0.3) is 12.2 Å². The summed E-state index contributed by atoms with van der Waals surface area (Å²) in [6.45, 7) is 6.98. The molecule has 0 bridgehead atoms. The molecule has 0 unspecified atom stereocenters. The Morgan fingerprint density at radius 1 is 1.20 bits per heavy atom. The summed E-state index contributed by atoms with van der Waals surface area (Å²) < 4.78 is 32.3. The van der Waals surface area contributed by atoms with E-state index in [0.717, 1.165) is 5.56 Å². The Kier molecular flexibility index (Phi) is 4.74. The molecule has 0 saturated heterocycles. The number of rotatable bonds is 3. The Hall–Kier alpha value is -1.10. The topological polar surface area (TPSA) is 57.2 Å². The molecule has 0 spiro atoms. The van der Waals surface area contributed by atoms with Crippen molar-refractivity contribution in [2.45, 2.75) is 4.90 Å². The van der Waals surface area contributed by atoms with Crippen molar-refractivity contribution in [3.8, 4) is 0 Å². The lowest BCUT2D eigenvalue weighted by Gasteiger charge is -2.10. The van der Waals surface area contributed by atoms with Crippen LogP contribution >= 0.6 is 0 Å². The van der Waals surface area contributed by atoms with Crippen molar-refractivity contribution >= 4 is 22.3 Å². The van der Waals surface area contributed by atoms with Gasteiger partial charge in [0.05, 0.1) is 17.3 Å². The van der Waals surface area contributed by atoms with Gasteiger partial charge in [0.2, 0.25) is 0 Å². The van der Waals surface area contributed by atoms with Gasteiger partial charge in [0.1, 0.15) is 10.1 Å². The van der Waals surface area contributed by atoms with Crippen LogP contribution < -0.4 is 0 Å². The van der Waals surface area contributed by atoms with Crippen molar-refractivity contribution in [1.82, 2.24) is 0 Å². The van der Waals surface area contributed by atoms with Crippen LogP contribution in [0.2, 0.25) is 0 Å². The minimum absolute atomic E-state index is 0. The van der Waals surface area contributed by atoms with Crippen LogP contribution in [-0.4, -0.2) is 13.0 Å². The summed E-state index contributed by atoms with van der Waals surface area (Å²) in [5.74, 6) is 0. The summed E-state index contributed by atoms with van der Waals surface area (Å²) in [6.07, 6.45) is 2.89. The fourth-order valence-corrected chi connectivity index (χ4v) is 1.75. The highest BCUT2D eigenvalue weighted by molar-refractivity contribution is 7.85. The minimum Gasteiger partial charge on any atom is -0.744 e. The average molecular weight is 247 g/mol. The third kappa shape index (κ3) is 3.20. The zero-order chi connectivity index (χ0) is 10.8. The van der Waals surface area contributed by atoms with Gasteiger partial charge < -0.3 is 4.55 Å². The van der Waals surface area contributed by atoms with Crippen LogP contribution in [0.5, 0.6) is 0 Å². The van der Waals surface area contributed by atoms with E-state index in [1.165, 1.54) is 18.2 Å². The van der Waals surface area contributed by atoms with Crippen molar-refractivity contribution in [1.29, 1.82) is 0 Å². The molecular weight excluding hydrogens is 236 g/mol.